The summed E-state index contributed by atoms with van der Waals surface area (Å²) in [6, 6.07) is 0. The zero-order valence-electron chi connectivity index (χ0n) is 25.1. The van der Waals surface area contributed by atoms with Crippen LogP contribution in [0, 0.1) is 0 Å². The molecule has 0 unspecified atom stereocenters. The van der Waals surface area contributed by atoms with Gasteiger partial charge in [-0.2, -0.15) is 0 Å². The smallest absolute Gasteiger partial charge is 0.303 e. The number of carboxylic acids is 1. The summed E-state index contributed by atoms with van der Waals surface area (Å²) >= 11 is 0. The number of carbonyl (C=O) groups excluding carboxylic acids is 1. The topological polar surface area (TPSA) is 149 Å². The molecule has 0 aliphatic heterocycles. The summed E-state index contributed by atoms with van der Waals surface area (Å²) in [7, 11) is 0. The minimum absolute atomic E-state index is 0.00576. The van der Waals surface area contributed by atoms with Gasteiger partial charge in [-0.1, -0.05) is 19.8 Å². The second-order valence-corrected chi connectivity index (χ2v) is 8.82. The first-order chi connectivity index (χ1) is 20.2. The Morgan fingerprint density at radius 3 is 1.10 bits per heavy atom. The van der Waals surface area contributed by atoms with Crippen LogP contribution in [0.15, 0.2) is 0 Å². The van der Waals surface area contributed by atoms with Gasteiger partial charge in [-0.3, -0.25) is 9.59 Å². The van der Waals surface area contributed by atoms with E-state index in [2.05, 4.69) is 12.2 Å². The molecule has 0 aromatic rings. The third-order valence-electron chi connectivity index (χ3n) is 5.22. The van der Waals surface area contributed by atoms with E-state index in [4.69, 9.17) is 47.7 Å². The lowest BCUT2D eigenvalue weighted by Crippen LogP contribution is -2.25. The van der Waals surface area contributed by atoms with Crippen LogP contribution in [0.1, 0.15) is 45.4 Å². The minimum Gasteiger partial charge on any atom is -0.481 e. The molecule has 0 aliphatic carbocycles. The molecule has 0 rings (SSSR count). The van der Waals surface area contributed by atoms with Crippen LogP contribution in [0.5, 0.6) is 0 Å². The summed E-state index contributed by atoms with van der Waals surface area (Å²) in [6.07, 6.45) is 4.02. The molecular weight excluding hydrogens is 542 g/mol. The van der Waals surface area contributed by atoms with Crippen molar-refractivity contribution in [1.82, 2.24) is 5.32 Å². The van der Waals surface area contributed by atoms with Crippen molar-refractivity contribution in [3.8, 4) is 0 Å². The van der Waals surface area contributed by atoms with Crippen molar-refractivity contribution in [2.75, 3.05) is 125 Å². The Morgan fingerprint density at radius 1 is 0.463 bits per heavy atom. The first kappa shape index (κ1) is 39.6. The Kier molecular flexibility index (Phi) is 33.6. The van der Waals surface area contributed by atoms with Crippen LogP contribution in [0.25, 0.3) is 0 Å². The van der Waals surface area contributed by atoms with Crippen LogP contribution in [0.2, 0.25) is 0 Å². The molecule has 0 heterocycles. The van der Waals surface area contributed by atoms with Crippen LogP contribution in [-0.2, 0) is 52.2 Å². The van der Waals surface area contributed by atoms with Gasteiger partial charge in [0.05, 0.1) is 112 Å². The zero-order valence-corrected chi connectivity index (χ0v) is 25.1. The van der Waals surface area contributed by atoms with Crippen molar-refractivity contribution in [3.05, 3.63) is 0 Å². The summed E-state index contributed by atoms with van der Waals surface area (Å²) in [5.41, 5.74) is 0. The second kappa shape index (κ2) is 34.8. The standard InChI is InChI=1S/C28H55NO12/c1-2-3-4-9-33-11-13-35-15-17-37-19-21-39-23-25-41-26-24-40-22-20-38-18-16-36-14-12-34-10-5-8-29-27(30)6-7-28(31)32/h2-26H2,1H3,(H,29,30)(H,31,32). The molecule has 1 amide bonds. The van der Waals surface area contributed by atoms with Crippen LogP contribution in [-0.4, -0.2) is 142 Å². The van der Waals surface area contributed by atoms with Crippen molar-refractivity contribution in [3.63, 3.8) is 0 Å². The molecule has 0 aliphatic rings. The number of nitrogens with one attached hydrogen (secondary N) is 1. The third-order valence-corrected chi connectivity index (χ3v) is 5.22. The average Bonchev–Trinajstić information content (AvgIpc) is 2.96. The van der Waals surface area contributed by atoms with E-state index in [-0.39, 0.29) is 18.7 Å². The van der Waals surface area contributed by atoms with Crippen LogP contribution >= 0.6 is 0 Å². The summed E-state index contributed by atoms with van der Waals surface area (Å²) in [5.74, 6) is -1.24. The van der Waals surface area contributed by atoms with Gasteiger partial charge in [-0.05, 0) is 12.8 Å². The zero-order chi connectivity index (χ0) is 29.9. The normalized spacial score (nSPS) is 11.2. The Morgan fingerprint density at radius 2 is 0.780 bits per heavy atom. The Bertz CT molecular complexity index is 556. The molecule has 2 N–H and O–H groups in total. The number of hydrogen-bond acceptors (Lipinski definition) is 11. The van der Waals surface area contributed by atoms with Gasteiger partial charge in [0.15, 0.2) is 0 Å². The number of aliphatic carboxylic acids is 1. The third kappa shape index (κ3) is 36.6. The lowest BCUT2D eigenvalue weighted by Gasteiger charge is -2.09. The van der Waals surface area contributed by atoms with Gasteiger partial charge in [0, 0.05) is 26.2 Å². The van der Waals surface area contributed by atoms with Gasteiger partial charge in [0.25, 0.3) is 0 Å². The van der Waals surface area contributed by atoms with Crippen molar-refractivity contribution in [1.29, 1.82) is 0 Å². The van der Waals surface area contributed by atoms with E-state index in [1.54, 1.807) is 0 Å². The fourth-order valence-corrected chi connectivity index (χ4v) is 3.03. The summed E-state index contributed by atoms with van der Waals surface area (Å²) < 4.78 is 49.0. The highest BCUT2D eigenvalue weighted by Gasteiger charge is 2.04. The van der Waals surface area contributed by atoms with Gasteiger partial charge >= 0.3 is 5.97 Å². The molecule has 0 saturated carbocycles. The number of carbonyl (C=O) groups is 2. The maximum Gasteiger partial charge on any atom is 0.303 e. The van der Waals surface area contributed by atoms with Crippen LogP contribution in [0.4, 0.5) is 0 Å². The maximum atomic E-state index is 11.3. The number of amides is 1. The Labute approximate surface area is 245 Å². The van der Waals surface area contributed by atoms with Crippen molar-refractivity contribution in [2.45, 2.75) is 45.4 Å². The molecule has 13 nitrogen and oxygen atoms in total. The lowest BCUT2D eigenvalue weighted by molar-refractivity contribution is -0.138. The molecule has 0 radical (unpaired) electrons. The Balaban J connectivity index is 3.08. The van der Waals surface area contributed by atoms with E-state index in [1.165, 1.54) is 12.8 Å². The molecular formula is C28H55NO12. The number of unbranched alkanes of at least 4 members (excludes halogenated alkanes) is 2. The monoisotopic (exact) mass is 597 g/mol. The molecule has 0 aromatic heterocycles. The number of ether oxygens (including phenoxy) is 9. The summed E-state index contributed by atoms with van der Waals surface area (Å²) in [5, 5.41) is 11.2. The van der Waals surface area contributed by atoms with Gasteiger partial charge < -0.3 is 53.1 Å². The SMILES string of the molecule is CCCCCOCCOCCOCCOCCOCCOCCOCCOCCOCCCNC(=O)CCC(=O)O. The van der Waals surface area contributed by atoms with Crippen molar-refractivity contribution >= 4 is 11.9 Å². The van der Waals surface area contributed by atoms with E-state index in [9.17, 15) is 9.59 Å². The molecule has 244 valence electrons. The highest BCUT2D eigenvalue weighted by atomic mass is 16.6. The van der Waals surface area contributed by atoms with Crippen LogP contribution < -0.4 is 5.32 Å². The first-order valence-electron chi connectivity index (χ1n) is 14.8. The van der Waals surface area contributed by atoms with Crippen LogP contribution in [0.3, 0.4) is 0 Å². The Hall–Kier alpha value is -1.42. The molecule has 41 heavy (non-hydrogen) atoms. The number of carboxylic acid groups (broad SMARTS) is 1. The van der Waals surface area contributed by atoms with Gasteiger partial charge in [-0.25, -0.2) is 0 Å². The molecule has 0 fully saturated rings. The summed E-state index contributed by atoms with van der Waals surface area (Å²) in [6.45, 7) is 12.2. The van der Waals surface area contributed by atoms with Crippen molar-refractivity contribution in [2.24, 2.45) is 0 Å². The van der Waals surface area contributed by atoms with E-state index in [1.807, 2.05) is 0 Å². The largest absolute Gasteiger partial charge is 0.481 e. The van der Waals surface area contributed by atoms with E-state index in [0.29, 0.717) is 125 Å². The quantitative estimate of drug-likeness (QED) is 0.102. The van der Waals surface area contributed by atoms with Crippen molar-refractivity contribution < 1.29 is 57.3 Å². The molecule has 0 atom stereocenters. The minimum atomic E-state index is -0.979. The molecule has 0 saturated heterocycles. The van der Waals surface area contributed by atoms with Gasteiger partial charge in [0.2, 0.25) is 5.91 Å². The van der Waals surface area contributed by atoms with E-state index < -0.39 is 5.97 Å². The predicted octanol–water partition coefficient (Wildman–Crippen LogP) is 1.70. The van der Waals surface area contributed by atoms with Gasteiger partial charge in [0.1, 0.15) is 0 Å². The van der Waals surface area contributed by atoms with E-state index in [0.717, 1.165) is 13.0 Å². The second-order valence-electron chi connectivity index (χ2n) is 8.82. The fraction of sp³-hybridized carbons (Fsp3) is 0.929. The molecule has 0 aromatic carbocycles. The highest BCUT2D eigenvalue weighted by molar-refractivity contribution is 5.80. The lowest BCUT2D eigenvalue weighted by atomic mass is 10.3. The van der Waals surface area contributed by atoms with Gasteiger partial charge in [-0.15, -0.1) is 0 Å². The molecule has 0 bridgehead atoms. The molecule has 0 spiro atoms. The molecule has 13 heteroatoms. The maximum absolute atomic E-state index is 11.3. The highest BCUT2D eigenvalue weighted by Crippen LogP contribution is 1.94. The summed E-state index contributed by atoms with van der Waals surface area (Å²) in [4.78, 5) is 21.7. The number of hydrogen-bond donors (Lipinski definition) is 2. The average molecular weight is 598 g/mol. The first-order valence-corrected chi connectivity index (χ1v) is 14.8. The number of rotatable bonds is 35. The predicted molar refractivity (Wildman–Crippen MR) is 151 cm³/mol. The van der Waals surface area contributed by atoms with E-state index >= 15 is 0 Å². The fourth-order valence-electron chi connectivity index (χ4n) is 3.03.